The fourth-order valence-corrected chi connectivity index (χ4v) is 3.01. The molecule has 0 radical (unpaired) electrons. The molecule has 3 nitrogen and oxygen atoms in total. The van der Waals surface area contributed by atoms with Crippen molar-refractivity contribution < 1.29 is 13.9 Å². The van der Waals surface area contributed by atoms with Crippen molar-refractivity contribution in [2.45, 2.75) is 39.0 Å². The van der Waals surface area contributed by atoms with E-state index in [1.54, 1.807) is 12.1 Å². The quantitative estimate of drug-likeness (QED) is 0.804. The molecular formula is C18H26FNO2. The van der Waals surface area contributed by atoms with Crippen molar-refractivity contribution in [1.82, 2.24) is 4.90 Å². The van der Waals surface area contributed by atoms with E-state index in [0.717, 1.165) is 44.7 Å². The number of rotatable bonds is 6. The normalized spacial score (nSPS) is 20.0. The van der Waals surface area contributed by atoms with E-state index in [4.69, 9.17) is 4.74 Å². The number of ether oxygens (including phenoxy) is 1. The van der Waals surface area contributed by atoms with Crippen molar-refractivity contribution in [2.75, 3.05) is 26.3 Å². The van der Waals surface area contributed by atoms with Gasteiger partial charge in [-0.05, 0) is 49.3 Å². The van der Waals surface area contributed by atoms with Crippen LogP contribution in [0, 0.1) is 11.7 Å². The number of benzene rings is 1. The summed E-state index contributed by atoms with van der Waals surface area (Å²) in [6, 6.07) is 6.44. The average Bonchev–Trinajstić information content (AvgIpc) is 2.53. The van der Waals surface area contributed by atoms with Gasteiger partial charge in [0, 0.05) is 26.1 Å². The van der Waals surface area contributed by atoms with Gasteiger partial charge in [0.2, 0.25) is 5.91 Å². The largest absolute Gasteiger partial charge is 0.381 e. The van der Waals surface area contributed by atoms with Crippen LogP contribution in [0.1, 0.15) is 44.6 Å². The van der Waals surface area contributed by atoms with Gasteiger partial charge in [0.25, 0.3) is 0 Å². The molecule has 122 valence electrons. The Morgan fingerprint density at radius 1 is 1.41 bits per heavy atom. The molecule has 0 spiro atoms. The van der Waals surface area contributed by atoms with Crippen LogP contribution < -0.4 is 0 Å². The van der Waals surface area contributed by atoms with Gasteiger partial charge < -0.3 is 9.64 Å². The first-order valence-corrected chi connectivity index (χ1v) is 8.21. The van der Waals surface area contributed by atoms with Crippen molar-refractivity contribution >= 4 is 5.91 Å². The summed E-state index contributed by atoms with van der Waals surface area (Å²) in [6.07, 6.45) is 2.67. The molecule has 22 heavy (non-hydrogen) atoms. The second kappa shape index (κ2) is 8.28. The summed E-state index contributed by atoms with van der Waals surface area (Å²) >= 11 is 0. The predicted molar refractivity (Wildman–Crippen MR) is 85.2 cm³/mol. The lowest BCUT2D eigenvalue weighted by Crippen LogP contribution is -2.41. The van der Waals surface area contributed by atoms with Crippen LogP contribution in [0.15, 0.2) is 24.3 Å². The van der Waals surface area contributed by atoms with Gasteiger partial charge in [0.05, 0.1) is 6.61 Å². The molecule has 2 atom stereocenters. The second-order valence-corrected chi connectivity index (χ2v) is 6.16. The molecular weight excluding hydrogens is 281 g/mol. The maximum Gasteiger partial charge on any atom is 0.223 e. The van der Waals surface area contributed by atoms with Crippen molar-refractivity contribution in [3.05, 3.63) is 35.6 Å². The van der Waals surface area contributed by atoms with Crippen LogP contribution in [0.3, 0.4) is 0 Å². The Bertz CT molecular complexity index is 474. The van der Waals surface area contributed by atoms with Crippen molar-refractivity contribution in [3.63, 3.8) is 0 Å². The molecule has 1 fully saturated rings. The molecule has 0 saturated carbocycles. The SMILES string of the molecule is CCOCC1CCCN(C(=O)CC(C)c2ccc(F)cc2)C1. The lowest BCUT2D eigenvalue weighted by atomic mass is 9.95. The minimum atomic E-state index is -0.239. The van der Waals surface area contributed by atoms with Gasteiger partial charge in [-0.3, -0.25) is 4.79 Å². The van der Waals surface area contributed by atoms with Crippen LogP contribution in [0.2, 0.25) is 0 Å². The molecule has 1 aromatic rings. The number of hydrogen-bond donors (Lipinski definition) is 0. The molecule has 2 unspecified atom stereocenters. The number of halogens is 1. The van der Waals surface area contributed by atoms with Gasteiger partial charge in [-0.1, -0.05) is 19.1 Å². The second-order valence-electron chi connectivity index (χ2n) is 6.16. The van der Waals surface area contributed by atoms with E-state index in [1.807, 2.05) is 18.7 Å². The van der Waals surface area contributed by atoms with Crippen molar-refractivity contribution in [1.29, 1.82) is 0 Å². The Hall–Kier alpha value is -1.42. The molecule has 1 aliphatic heterocycles. The summed E-state index contributed by atoms with van der Waals surface area (Å²) in [4.78, 5) is 14.4. The fourth-order valence-electron chi connectivity index (χ4n) is 3.01. The highest BCUT2D eigenvalue weighted by Gasteiger charge is 2.24. The summed E-state index contributed by atoms with van der Waals surface area (Å²) in [6.45, 7) is 7.13. The molecule has 0 N–H and O–H groups in total. The molecule has 1 heterocycles. The van der Waals surface area contributed by atoms with Crippen LogP contribution in [-0.4, -0.2) is 37.1 Å². The molecule has 1 aromatic carbocycles. The summed E-state index contributed by atoms with van der Waals surface area (Å²) in [5.74, 6) is 0.522. The Kier molecular flexibility index (Phi) is 6.37. The highest BCUT2D eigenvalue weighted by Crippen LogP contribution is 2.23. The number of hydrogen-bond acceptors (Lipinski definition) is 2. The van der Waals surface area contributed by atoms with Crippen LogP contribution in [0.5, 0.6) is 0 Å². The first-order chi connectivity index (χ1) is 10.6. The van der Waals surface area contributed by atoms with E-state index >= 15 is 0 Å². The first-order valence-electron chi connectivity index (χ1n) is 8.21. The summed E-state index contributed by atoms with van der Waals surface area (Å²) in [5.41, 5.74) is 1.01. The smallest absolute Gasteiger partial charge is 0.223 e. The van der Waals surface area contributed by atoms with Crippen LogP contribution in [0.25, 0.3) is 0 Å². The molecule has 2 rings (SSSR count). The summed E-state index contributed by atoms with van der Waals surface area (Å²) in [7, 11) is 0. The van der Waals surface area contributed by atoms with E-state index in [1.165, 1.54) is 12.1 Å². The van der Waals surface area contributed by atoms with Gasteiger partial charge in [-0.15, -0.1) is 0 Å². The predicted octanol–water partition coefficient (Wildman–Crippen LogP) is 3.59. The van der Waals surface area contributed by atoms with Gasteiger partial charge in [0.15, 0.2) is 0 Å². The van der Waals surface area contributed by atoms with E-state index in [-0.39, 0.29) is 17.6 Å². The minimum absolute atomic E-state index is 0.111. The standard InChI is InChI=1S/C18H26FNO2/c1-3-22-13-15-5-4-10-20(12-15)18(21)11-14(2)16-6-8-17(19)9-7-16/h6-9,14-15H,3-5,10-13H2,1-2H3. The Balaban J connectivity index is 1.86. The lowest BCUT2D eigenvalue weighted by molar-refractivity contribution is -0.133. The zero-order valence-corrected chi connectivity index (χ0v) is 13.6. The monoisotopic (exact) mass is 307 g/mol. The van der Waals surface area contributed by atoms with Crippen LogP contribution in [0.4, 0.5) is 4.39 Å². The van der Waals surface area contributed by atoms with E-state index < -0.39 is 0 Å². The molecule has 4 heteroatoms. The van der Waals surface area contributed by atoms with E-state index in [2.05, 4.69) is 0 Å². The summed E-state index contributed by atoms with van der Waals surface area (Å²) in [5, 5.41) is 0. The number of piperidine rings is 1. The zero-order chi connectivity index (χ0) is 15.9. The third-order valence-electron chi connectivity index (χ3n) is 4.35. The topological polar surface area (TPSA) is 29.5 Å². The average molecular weight is 307 g/mol. The van der Waals surface area contributed by atoms with Crippen molar-refractivity contribution in [3.8, 4) is 0 Å². The number of amides is 1. The Morgan fingerprint density at radius 2 is 2.14 bits per heavy atom. The van der Waals surface area contributed by atoms with Crippen LogP contribution in [-0.2, 0) is 9.53 Å². The zero-order valence-electron chi connectivity index (χ0n) is 13.6. The van der Waals surface area contributed by atoms with E-state index in [9.17, 15) is 9.18 Å². The highest BCUT2D eigenvalue weighted by atomic mass is 19.1. The fraction of sp³-hybridized carbons (Fsp3) is 0.611. The molecule has 0 aromatic heterocycles. The van der Waals surface area contributed by atoms with E-state index in [0.29, 0.717) is 12.3 Å². The molecule has 1 saturated heterocycles. The van der Waals surface area contributed by atoms with Crippen molar-refractivity contribution in [2.24, 2.45) is 5.92 Å². The highest BCUT2D eigenvalue weighted by molar-refractivity contribution is 5.77. The van der Waals surface area contributed by atoms with Gasteiger partial charge >= 0.3 is 0 Å². The molecule has 0 bridgehead atoms. The maximum atomic E-state index is 13.0. The third-order valence-corrected chi connectivity index (χ3v) is 4.35. The van der Waals surface area contributed by atoms with Gasteiger partial charge in [-0.25, -0.2) is 4.39 Å². The number of nitrogens with zero attached hydrogens (tertiary/aromatic N) is 1. The first kappa shape index (κ1) is 16.9. The van der Waals surface area contributed by atoms with Gasteiger partial charge in [-0.2, -0.15) is 0 Å². The number of carbonyl (C=O) groups is 1. The molecule has 0 aliphatic carbocycles. The van der Waals surface area contributed by atoms with Gasteiger partial charge in [0.1, 0.15) is 5.82 Å². The van der Waals surface area contributed by atoms with Crippen LogP contribution >= 0.6 is 0 Å². The minimum Gasteiger partial charge on any atom is -0.381 e. The third kappa shape index (κ3) is 4.80. The molecule has 1 amide bonds. The number of carbonyl (C=O) groups excluding carboxylic acids is 1. The number of likely N-dealkylation sites (tertiary alicyclic amines) is 1. The summed E-state index contributed by atoms with van der Waals surface area (Å²) < 4.78 is 18.5. The Labute approximate surface area is 132 Å². The lowest BCUT2D eigenvalue weighted by Gasteiger charge is -2.33. The molecule has 1 aliphatic rings. The Morgan fingerprint density at radius 3 is 2.82 bits per heavy atom. The maximum absolute atomic E-state index is 13.0.